The van der Waals surface area contributed by atoms with Crippen molar-refractivity contribution in [3.63, 3.8) is 0 Å². The standard InChI is InChI=1S/C14H23N3/c1-11-12(2)16-17(13(11)3)9-7-6-8-14(4,5)10-15/h6-9H2,1-5H3. The van der Waals surface area contributed by atoms with E-state index in [-0.39, 0.29) is 5.41 Å². The van der Waals surface area contributed by atoms with E-state index in [1.54, 1.807) is 0 Å². The summed E-state index contributed by atoms with van der Waals surface area (Å²) in [6.45, 7) is 11.3. The second-order valence-corrected chi connectivity index (χ2v) is 5.47. The number of hydrogen-bond donors (Lipinski definition) is 0. The number of rotatable bonds is 5. The lowest BCUT2D eigenvalue weighted by molar-refractivity contribution is 0.410. The molecular formula is C14H23N3. The van der Waals surface area contributed by atoms with Crippen molar-refractivity contribution in [2.75, 3.05) is 0 Å². The third kappa shape index (κ3) is 3.59. The van der Waals surface area contributed by atoms with Crippen molar-refractivity contribution in [1.29, 1.82) is 5.26 Å². The van der Waals surface area contributed by atoms with Crippen LogP contribution in [-0.4, -0.2) is 9.78 Å². The van der Waals surface area contributed by atoms with Crippen LogP contribution < -0.4 is 0 Å². The average molecular weight is 233 g/mol. The third-order valence-corrected chi connectivity index (χ3v) is 3.47. The predicted molar refractivity (Wildman–Crippen MR) is 69.7 cm³/mol. The van der Waals surface area contributed by atoms with Crippen LogP contribution in [0, 0.1) is 37.5 Å². The van der Waals surface area contributed by atoms with E-state index in [0.717, 1.165) is 31.5 Å². The fourth-order valence-corrected chi connectivity index (χ4v) is 1.89. The van der Waals surface area contributed by atoms with Gasteiger partial charge in [0.1, 0.15) is 0 Å². The van der Waals surface area contributed by atoms with Gasteiger partial charge in [-0.2, -0.15) is 10.4 Å². The third-order valence-electron chi connectivity index (χ3n) is 3.47. The van der Waals surface area contributed by atoms with Crippen LogP contribution in [0.25, 0.3) is 0 Å². The van der Waals surface area contributed by atoms with Gasteiger partial charge in [-0.15, -0.1) is 0 Å². The van der Waals surface area contributed by atoms with Crippen LogP contribution in [0.4, 0.5) is 0 Å². The smallest absolute Gasteiger partial charge is 0.0683 e. The Morgan fingerprint density at radius 3 is 2.35 bits per heavy atom. The summed E-state index contributed by atoms with van der Waals surface area (Å²) in [4.78, 5) is 0. The number of aryl methyl sites for hydroxylation is 2. The molecule has 94 valence electrons. The summed E-state index contributed by atoms with van der Waals surface area (Å²) in [7, 11) is 0. The summed E-state index contributed by atoms with van der Waals surface area (Å²) in [5, 5.41) is 13.4. The number of aromatic nitrogens is 2. The zero-order valence-corrected chi connectivity index (χ0v) is 11.7. The lowest BCUT2D eigenvalue weighted by atomic mass is 9.89. The van der Waals surface area contributed by atoms with Gasteiger partial charge in [-0.1, -0.05) is 6.42 Å². The lowest BCUT2D eigenvalue weighted by Crippen LogP contribution is -2.09. The maximum absolute atomic E-state index is 8.93. The predicted octanol–water partition coefficient (Wildman–Crippen LogP) is 3.53. The molecule has 0 unspecified atom stereocenters. The Morgan fingerprint density at radius 1 is 1.24 bits per heavy atom. The molecule has 0 radical (unpaired) electrons. The second-order valence-electron chi connectivity index (χ2n) is 5.47. The molecule has 1 heterocycles. The van der Waals surface area contributed by atoms with Gasteiger partial charge in [0.2, 0.25) is 0 Å². The van der Waals surface area contributed by atoms with Gasteiger partial charge < -0.3 is 0 Å². The first kappa shape index (κ1) is 13.8. The molecule has 0 aliphatic carbocycles. The summed E-state index contributed by atoms with van der Waals surface area (Å²) in [5.41, 5.74) is 3.50. The van der Waals surface area contributed by atoms with Crippen molar-refractivity contribution < 1.29 is 0 Å². The van der Waals surface area contributed by atoms with E-state index < -0.39 is 0 Å². The normalized spacial score (nSPS) is 11.5. The zero-order valence-electron chi connectivity index (χ0n) is 11.7. The molecule has 0 bridgehead atoms. The van der Waals surface area contributed by atoms with E-state index >= 15 is 0 Å². The minimum Gasteiger partial charge on any atom is -0.269 e. The SMILES string of the molecule is Cc1nn(CCCCC(C)(C)C#N)c(C)c1C. The monoisotopic (exact) mass is 233 g/mol. The van der Waals surface area contributed by atoms with Crippen molar-refractivity contribution in [1.82, 2.24) is 9.78 Å². The fraction of sp³-hybridized carbons (Fsp3) is 0.714. The van der Waals surface area contributed by atoms with Gasteiger partial charge in [0.25, 0.3) is 0 Å². The molecular weight excluding hydrogens is 210 g/mol. The fourth-order valence-electron chi connectivity index (χ4n) is 1.89. The van der Waals surface area contributed by atoms with Crippen molar-refractivity contribution in [2.45, 2.75) is 60.4 Å². The molecule has 3 heteroatoms. The molecule has 0 N–H and O–H groups in total. The van der Waals surface area contributed by atoms with Crippen molar-refractivity contribution in [2.24, 2.45) is 5.41 Å². The van der Waals surface area contributed by atoms with E-state index in [0.29, 0.717) is 0 Å². The number of nitrogens with zero attached hydrogens (tertiary/aromatic N) is 3. The van der Waals surface area contributed by atoms with E-state index in [4.69, 9.17) is 5.26 Å². The second kappa shape index (κ2) is 5.35. The first-order valence-electron chi connectivity index (χ1n) is 6.29. The minimum absolute atomic E-state index is 0.189. The Bertz CT molecular complexity index is 421. The van der Waals surface area contributed by atoms with Crippen molar-refractivity contribution in [3.05, 3.63) is 17.0 Å². The molecule has 0 atom stereocenters. The van der Waals surface area contributed by atoms with Gasteiger partial charge in [0.15, 0.2) is 0 Å². The maximum Gasteiger partial charge on any atom is 0.0683 e. The molecule has 0 spiro atoms. The number of nitriles is 1. The highest BCUT2D eigenvalue weighted by molar-refractivity contribution is 5.21. The zero-order chi connectivity index (χ0) is 13.1. The van der Waals surface area contributed by atoms with Crippen LogP contribution in [0.15, 0.2) is 0 Å². The molecule has 1 aromatic rings. The Labute approximate surface area is 104 Å². The molecule has 0 aliphatic rings. The largest absolute Gasteiger partial charge is 0.269 e. The molecule has 0 fully saturated rings. The Kier molecular flexibility index (Phi) is 4.34. The first-order chi connectivity index (χ1) is 7.87. The van der Waals surface area contributed by atoms with Gasteiger partial charge >= 0.3 is 0 Å². The number of unbranched alkanes of at least 4 members (excludes halogenated alkanes) is 1. The van der Waals surface area contributed by atoms with Crippen LogP contribution in [-0.2, 0) is 6.54 Å². The maximum atomic E-state index is 8.93. The molecule has 17 heavy (non-hydrogen) atoms. The van der Waals surface area contributed by atoms with Gasteiger partial charge in [-0.25, -0.2) is 0 Å². The van der Waals surface area contributed by atoms with Crippen LogP contribution >= 0.6 is 0 Å². The van der Waals surface area contributed by atoms with Crippen LogP contribution in [0.5, 0.6) is 0 Å². The summed E-state index contributed by atoms with van der Waals surface area (Å²) in [5.74, 6) is 0. The summed E-state index contributed by atoms with van der Waals surface area (Å²) in [6, 6.07) is 2.34. The first-order valence-corrected chi connectivity index (χ1v) is 6.29. The highest BCUT2D eigenvalue weighted by atomic mass is 15.3. The molecule has 1 aromatic heterocycles. The van der Waals surface area contributed by atoms with Crippen LogP contribution in [0.3, 0.4) is 0 Å². The average Bonchev–Trinajstić information content (AvgIpc) is 2.52. The van der Waals surface area contributed by atoms with Gasteiger partial charge in [0.05, 0.1) is 17.2 Å². The summed E-state index contributed by atoms with van der Waals surface area (Å²) in [6.07, 6.45) is 3.13. The van der Waals surface area contributed by atoms with Gasteiger partial charge in [-0.3, -0.25) is 4.68 Å². The molecule has 3 nitrogen and oxygen atoms in total. The highest BCUT2D eigenvalue weighted by Crippen LogP contribution is 2.22. The molecule has 0 saturated carbocycles. The minimum atomic E-state index is -0.189. The Hall–Kier alpha value is -1.30. The molecule has 0 saturated heterocycles. The van der Waals surface area contributed by atoms with E-state index in [9.17, 15) is 0 Å². The topological polar surface area (TPSA) is 41.6 Å². The number of hydrogen-bond acceptors (Lipinski definition) is 2. The van der Waals surface area contributed by atoms with E-state index in [2.05, 4.69) is 36.6 Å². The Morgan fingerprint density at radius 2 is 1.88 bits per heavy atom. The molecule has 0 aliphatic heterocycles. The lowest BCUT2D eigenvalue weighted by Gasteiger charge is -2.14. The highest BCUT2D eigenvalue weighted by Gasteiger charge is 2.15. The van der Waals surface area contributed by atoms with Gasteiger partial charge in [-0.05, 0) is 53.0 Å². The van der Waals surface area contributed by atoms with Crippen LogP contribution in [0.1, 0.15) is 50.1 Å². The van der Waals surface area contributed by atoms with Crippen molar-refractivity contribution in [3.8, 4) is 6.07 Å². The summed E-state index contributed by atoms with van der Waals surface area (Å²) >= 11 is 0. The summed E-state index contributed by atoms with van der Waals surface area (Å²) < 4.78 is 2.09. The van der Waals surface area contributed by atoms with E-state index in [1.807, 2.05) is 13.8 Å². The molecule has 0 amide bonds. The van der Waals surface area contributed by atoms with Crippen molar-refractivity contribution >= 4 is 0 Å². The molecule has 1 rings (SSSR count). The van der Waals surface area contributed by atoms with E-state index in [1.165, 1.54) is 11.3 Å². The van der Waals surface area contributed by atoms with Gasteiger partial charge in [0, 0.05) is 12.2 Å². The molecule has 0 aromatic carbocycles. The van der Waals surface area contributed by atoms with Crippen LogP contribution in [0.2, 0.25) is 0 Å². The quantitative estimate of drug-likeness (QED) is 0.730. The Balaban J connectivity index is 2.42.